The van der Waals surface area contributed by atoms with E-state index < -0.39 is 0 Å². The summed E-state index contributed by atoms with van der Waals surface area (Å²) >= 11 is 0. The van der Waals surface area contributed by atoms with E-state index in [9.17, 15) is 0 Å². The molecule has 1 aliphatic heterocycles. The first-order chi connectivity index (χ1) is 12.3. The first kappa shape index (κ1) is 15.7. The minimum absolute atomic E-state index is 0.116. The fourth-order valence-corrected chi connectivity index (χ4v) is 2.73. The van der Waals surface area contributed by atoms with E-state index in [2.05, 4.69) is 37.4 Å². The highest BCUT2D eigenvalue weighted by molar-refractivity contribution is 5.56. The Balaban J connectivity index is 1.55. The zero-order valence-corrected chi connectivity index (χ0v) is 13.8. The summed E-state index contributed by atoms with van der Waals surface area (Å²) in [6.07, 6.45) is 4.74. The molecule has 1 fully saturated rings. The van der Waals surface area contributed by atoms with E-state index in [1.165, 1.54) is 0 Å². The van der Waals surface area contributed by atoms with Crippen molar-refractivity contribution in [2.24, 2.45) is 0 Å². The number of nitrogens with one attached hydrogen (secondary N) is 1. The number of aromatic nitrogens is 4. The third-order valence-corrected chi connectivity index (χ3v) is 4.09. The largest absolute Gasteiger partial charge is 0.437 e. The van der Waals surface area contributed by atoms with Crippen LogP contribution in [-0.2, 0) is 0 Å². The summed E-state index contributed by atoms with van der Waals surface area (Å²) in [5.41, 5.74) is 0.798. The molecule has 0 bridgehead atoms. The number of hydrogen-bond donors (Lipinski definition) is 1. The molecule has 1 aromatic carbocycles. The number of rotatable bonds is 4. The molecule has 0 amide bonds. The second kappa shape index (κ2) is 6.96. The summed E-state index contributed by atoms with van der Waals surface area (Å²) < 4.78 is 11.2. The molecule has 0 spiro atoms. The van der Waals surface area contributed by atoms with Crippen LogP contribution in [0.3, 0.4) is 0 Å². The van der Waals surface area contributed by atoms with E-state index in [1.54, 1.807) is 18.6 Å². The highest BCUT2D eigenvalue weighted by Gasteiger charge is 2.25. The molecule has 8 heteroatoms. The minimum atomic E-state index is 0.116. The Morgan fingerprint density at radius 1 is 1.32 bits per heavy atom. The van der Waals surface area contributed by atoms with Crippen LogP contribution < -0.4 is 10.1 Å². The van der Waals surface area contributed by atoms with Gasteiger partial charge in [0.25, 0.3) is 5.89 Å². The van der Waals surface area contributed by atoms with Crippen LogP contribution in [0.1, 0.15) is 11.9 Å². The molecule has 1 saturated heterocycles. The molecule has 0 aliphatic carbocycles. The zero-order chi connectivity index (χ0) is 17.1. The normalized spacial score (nSPS) is 18.2. The number of nitrogens with zero attached hydrogens (tertiary/aromatic N) is 5. The summed E-state index contributed by atoms with van der Waals surface area (Å²) in [5.74, 6) is 2.22. The molecule has 8 nitrogen and oxygen atoms in total. The second-order valence-electron chi connectivity index (χ2n) is 5.83. The van der Waals surface area contributed by atoms with E-state index in [1.807, 2.05) is 24.3 Å². The lowest BCUT2D eigenvalue weighted by molar-refractivity contribution is 0.190. The van der Waals surface area contributed by atoms with Gasteiger partial charge in [-0.05, 0) is 25.2 Å². The molecule has 0 radical (unpaired) electrons. The maximum atomic E-state index is 5.70. The summed E-state index contributed by atoms with van der Waals surface area (Å²) in [5, 5.41) is 7.50. The summed E-state index contributed by atoms with van der Waals surface area (Å²) in [4.78, 5) is 14.9. The van der Waals surface area contributed by atoms with Crippen molar-refractivity contribution in [3.8, 4) is 23.1 Å². The highest BCUT2D eigenvalue weighted by atomic mass is 16.5. The molecule has 3 aromatic rings. The van der Waals surface area contributed by atoms with Gasteiger partial charge in [0.05, 0.1) is 12.2 Å². The smallest absolute Gasteiger partial charge is 0.258 e. The van der Waals surface area contributed by atoms with Crippen molar-refractivity contribution in [2.75, 3.05) is 26.7 Å². The standard InChI is InChI=1S/C17H18N6O2/c1-23-8-7-19-10-14(23)16-21-17(25-22-16)12-3-2-4-13(9-12)24-15-11-18-5-6-20-15/h2-6,9,11,14,19H,7-8,10H2,1H3. The third-order valence-electron chi connectivity index (χ3n) is 4.09. The maximum absolute atomic E-state index is 5.70. The van der Waals surface area contributed by atoms with Gasteiger partial charge in [-0.25, -0.2) is 4.98 Å². The van der Waals surface area contributed by atoms with Gasteiger partial charge >= 0.3 is 0 Å². The number of hydrogen-bond acceptors (Lipinski definition) is 8. The quantitative estimate of drug-likeness (QED) is 0.771. The molecule has 1 N–H and O–H groups in total. The van der Waals surface area contributed by atoms with Crippen LogP contribution in [0.4, 0.5) is 0 Å². The maximum Gasteiger partial charge on any atom is 0.258 e. The Morgan fingerprint density at radius 2 is 2.28 bits per heavy atom. The Bertz CT molecular complexity index is 838. The first-order valence-electron chi connectivity index (χ1n) is 8.08. The topological polar surface area (TPSA) is 89.2 Å². The Labute approximate surface area is 144 Å². The zero-order valence-electron chi connectivity index (χ0n) is 13.8. The van der Waals surface area contributed by atoms with Crippen molar-refractivity contribution >= 4 is 0 Å². The van der Waals surface area contributed by atoms with E-state index in [0.717, 1.165) is 25.2 Å². The molecule has 4 rings (SSSR count). The number of ether oxygens (including phenoxy) is 1. The van der Waals surface area contributed by atoms with Gasteiger partial charge in [0.1, 0.15) is 5.75 Å². The van der Waals surface area contributed by atoms with Crippen molar-refractivity contribution in [1.82, 2.24) is 30.3 Å². The van der Waals surface area contributed by atoms with Crippen molar-refractivity contribution in [3.05, 3.63) is 48.7 Å². The van der Waals surface area contributed by atoms with Gasteiger partial charge in [0, 0.05) is 37.6 Å². The first-order valence-corrected chi connectivity index (χ1v) is 8.08. The van der Waals surface area contributed by atoms with Crippen LogP contribution in [0.25, 0.3) is 11.5 Å². The SMILES string of the molecule is CN1CCNCC1c1noc(-c2cccc(Oc3cnccn3)c2)n1. The summed E-state index contributed by atoms with van der Waals surface area (Å²) in [7, 11) is 2.07. The summed E-state index contributed by atoms with van der Waals surface area (Å²) in [6, 6.07) is 7.58. The van der Waals surface area contributed by atoms with Crippen LogP contribution in [0, 0.1) is 0 Å². The number of piperazine rings is 1. The fraction of sp³-hybridized carbons (Fsp3) is 0.294. The molecule has 1 atom stereocenters. The Kier molecular flexibility index (Phi) is 4.36. The van der Waals surface area contributed by atoms with Gasteiger partial charge in [-0.1, -0.05) is 11.2 Å². The molecular weight excluding hydrogens is 320 g/mol. The van der Waals surface area contributed by atoms with Gasteiger partial charge in [0.15, 0.2) is 5.82 Å². The van der Waals surface area contributed by atoms with Gasteiger partial charge in [-0.3, -0.25) is 9.88 Å². The lowest BCUT2D eigenvalue weighted by atomic mass is 10.2. The predicted molar refractivity (Wildman–Crippen MR) is 90.1 cm³/mol. The fourth-order valence-electron chi connectivity index (χ4n) is 2.73. The lowest BCUT2D eigenvalue weighted by Gasteiger charge is -2.30. The molecule has 0 saturated carbocycles. The van der Waals surface area contributed by atoms with E-state index >= 15 is 0 Å². The van der Waals surface area contributed by atoms with E-state index in [4.69, 9.17) is 9.26 Å². The molecule has 128 valence electrons. The monoisotopic (exact) mass is 338 g/mol. The van der Waals surface area contributed by atoms with Crippen LogP contribution in [-0.4, -0.2) is 51.7 Å². The van der Waals surface area contributed by atoms with Gasteiger partial charge < -0.3 is 14.6 Å². The van der Waals surface area contributed by atoms with Gasteiger partial charge in [0.2, 0.25) is 5.88 Å². The lowest BCUT2D eigenvalue weighted by Crippen LogP contribution is -2.44. The van der Waals surface area contributed by atoms with E-state index in [0.29, 0.717) is 23.3 Å². The Morgan fingerprint density at radius 3 is 3.12 bits per heavy atom. The number of likely N-dealkylation sites (N-methyl/N-ethyl adjacent to an activating group) is 1. The number of benzene rings is 1. The van der Waals surface area contributed by atoms with Crippen LogP contribution in [0.2, 0.25) is 0 Å². The predicted octanol–water partition coefficient (Wildman–Crippen LogP) is 1.89. The minimum Gasteiger partial charge on any atom is -0.437 e. The molecule has 25 heavy (non-hydrogen) atoms. The second-order valence-corrected chi connectivity index (χ2v) is 5.83. The molecule has 1 unspecified atom stereocenters. The van der Waals surface area contributed by atoms with Crippen molar-refractivity contribution in [3.63, 3.8) is 0 Å². The molecular formula is C17H18N6O2. The van der Waals surface area contributed by atoms with Gasteiger partial charge in [-0.2, -0.15) is 4.98 Å². The van der Waals surface area contributed by atoms with Crippen molar-refractivity contribution < 1.29 is 9.26 Å². The molecule has 3 heterocycles. The third kappa shape index (κ3) is 3.49. The van der Waals surface area contributed by atoms with Gasteiger partial charge in [-0.15, -0.1) is 0 Å². The average Bonchev–Trinajstić information content (AvgIpc) is 3.13. The van der Waals surface area contributed by atoms with Crippen LogP contribution in [0.5, 0.6) is 11.6 Å². The van der Waals surface area contributed by atoms with Crippen molar-refractivity contribution in [2.45, 2.75) is 6.04 Å². The van der Waals surface area contributed by atoms with Crippen molar-refractivity contribution in [1.29, 1.82) is 0 Å². The highest BCUT2D eigenvalue weighted by Crippen LogP contribution is 2.27. The average molecular weight is 338 g/mol. The van der Waals surface area contributed by atoms with Crippen LogP contribution >= 0.6 is 0 Å². The molecule has 1 aliphatic rings. The summed E-state index contributed by atoms with van der Waals surface area (Å²) in [6.45, 7) is 2.74. The molecule has 2 aromatic heterocycles. The van der Waals surface area contributed by atoms with E-state index in [-0.39, 0.29) is 6.04 Å². The van der Waals surface area contributed by atoms with Crippen LogP contribution in [0.15, 0.2) is 47.4 Å². The Hall–Kier alpha value is -2.84.